The highest BCUT2D eigenvalue weighted by atomic mass is 16.5. The van der Waals surface area contributed by atoms with Gasteiger partial charge in [0.15, 0.2) is 0 Å². The van der Waals surface area contributed by atoms with E-state index in [4.69, 9.17) is 4.74 Å². The van der Waals surface area contributed by atoms with Crippen molar-refractivity contribution in [1.82, 2.24) is 0 Å². The van der Waals surface area contributed by atoms with Gasteiger partial charge in [0.2, 0.25) is 0 Å². The number of nitrogens with one attached hydrogen (secondary N) is 1. The van der Waals surface area contributed by atoms with Crippen molar-refractivity contribution in [2.45, 2.75) is 34.1 Å². The molecule has 1 aromatic carbocycles. The van der Waals surface area contributed by atoms with Crippen LogP contribution >= 0.6 is 0 Å². The molecule has 0 aromatic heterocycles. The van der Waals surface area contributed by atoms with Gasteiger partial charge in [-0.2, -0.15) is 0 Å². The fourth-order valence-corrected chi connectivity index (χ4v) is 1.61. The van der Waals surface area contributed by atoms with Crippen LogP contribution in [0.4, 0.5) is 5.69 Å². The topological polar surface area (TPSA) is 21.3 Å². The van der Waals surface area contributed by atoms with Crippen molar-refractivity contribution in [3.8, 4) is 0 Å². The second-order valence-corrected chi connectivity index (χ2v) is 5.04. The lowest BCUT2D eigenvalue weighted by molar-refractivity contribution is 0.132. The monoisotopic (exact) mass is 235 g/mol. The number of hydrogen-bond donors (Lipinski definition) is 1. The smallest absolute Gasteiger partial charge is 0.0639 e. The lowest BCUT2D eigenvalue weighted by atomic mass is 10.1. The predicted octanol–water partition coefficient (Wildman–Crippen LogP) is 3.78. The summed E-state index contributed by atoms with van der Waals surface area (Å²) < 4.78 is 5.57. The lowest BCUT2D eigenvalue weighted by Crippen LogP contribution is -2.11. The van der Waals surface area contributed by atoms with Crippen LogP contribution in [-0.2, 0) is 4.74 Å². The van der Waals surface area contributed by atoms with Crippen LogP contribution in [0, 0.1) is 19.8 Å². The molecule has 0 bridgehead atoms. The van der Waals surface area contributed by atoms with E-state index >= 15 is 0 Å². The van der Waals surface area contributed by atoms with Crippen molar-refractivity contribution in [3.63, 3.8) is 0 Å². The Morgan fingerprint density at radius 3 is 2.65 bits per heavy atom. The van der Waals surface area contributed by atoms with Gasteiger partial charge in [-0.1, -0.05) is 26.0 Å². The molecular weight excluding hydrogens is 210 g/mol. The van der Waals surface area contributed by atoms with E-state index in [1.165, 1.54) is 16.8 Å². The van der Waals surface area contributed by atoms with Crippen LogP contribution < -0.4 is 5.32 Å². The largest absolute Gasteiger partial charge is 0.383 e. The van der Waals surface area contributed by atoms with Gasteiger partial charge in [0.25, 0.3) is 0 Å². The molecule has 0 saturated heterocycles. The molecule has 0 aliphatic carbocycles. The first-order chi connectivity index (χ1) is 8.09. The summed E-state index contributed by atoms with van der Waals surface area (Å²) in [7, 11) is 0. The Hall–Kier alpha value is -1.02. The number of hydrogen-bond acceptors (Lipinski definition) is 2. The van der Waals surface area contributed by atoms with E-state index in [0.717, 1.165) is 32.1 Å². The van der Waals surface area contributed by atoms with E-state index in [0.29, 0.717) is 0 Å². The Morgan fingerprint density at radius 1 is 1.18 bits per heavy atom. The van der Waals surface area contributed by atoms with E-state index in [-0.39, 0.29) is 0 Å². The number of ether oxygens (including phenoxy) is 1. The minimum atomic E-state index is 0.724. The van der Waals surface area contributed by atoms with Crippen molar-refractivity contribution in [3.05, 3.63) is 29.3 Å². The normalized spacial score (nSPS) is 10.9. The molecule has 0 spiro atoms. The van der Waals surface area contributed by atoms with Crippen LogP contribution in [0.2, 0.25) is 0 Å². The third kappa shape index (κ3) is 5.73. The summed E-state index contributed by atoms with van der Waals surface area (Å²) in [6.45, 7) is 11.2. The molecule has 2 nitrogen and oxygen atoms in total. The standard InChI is InChI=1S/C15H25NO/c1-12(2)7-9-17-10-8-16-15-11-13(3)5-6-14(15)4/h5-6,11-12,16H,7-10H2,1-4H3. The fourth-order valence-electron chi connectivity index (χ4n) is 1.61. The first kappa shape index (κ1) is 14.0. The third-order valence-electron chi connectivity index (χ3n) is 2.79. The Balaban J connectivity index is 2.20. The van der Waals surface area contributed by atoms with Crippen molar-refractivity contribution >= 4 is 5.69 Å². The number of rotatable bonds is 7. The van der Waals surface area contributed by atoms with Crippen LogP contribution in [0.5, 0.6) is 0 Å². The molecule has 1 rings (SSSR count). The van der Waals surface area contributed by atoms with Gasteiger partial charge in [-0.15, -0.1) is 0 Å². The zero-order valence-electron chi connectivity index (χ0n) is 11.5. The van der Waals surface area contributed by atoms with Crippen LogP contribution in [-0.4, -0.2) is 19.8 Å². The average molecular weight is 235 g/mol. The molecule has 96 valence electrons. The van der Waals surface area contributed by atoms with Gasteiger partial charge in [-0.3, -0.25) is 0 Å². The summed E-state index contributed by atoms with van der Waals surface area (Å²) in [5.41, 5.74) is 3.80. The van der Waals surface area contributed by atoms with E-state index < -0.39 is 0 Å². The molecule has 0 aliphatic heterocycles. The van der Waals surface area contributed by atoms with E-state index in [2.05, 4.69) is 51.2 Å². The van der Waals surface area contributed by atoms with Gasteiger partial charge >= 0.3 is 0 Å². The van der Waals surface area contributed by atoms with E-state index in [9.17, 15) is 0 Å². The highest BCUT2D eigenvalue weighted by molar-refractivity contribution is 5.52. The molecule has 0 fully saturated rings. The fraction of sp³-hybridized carbons (Fsp3) is 0.600. The Morgan fingerprint density at radius 2 is 1.94 bits per heavy atom. The third-order valence-corrected chi connectivity index (χ3v) is 2.79. The van der Waals surface area contributed by atoms with Crippen molar-refractivity contribution in [1.29, 1.82) is 0 Å². The molecule has 1 N–H and O–H groups in total. The molecule has 0 aliphatic rings. The summed E-state index contributed by atoms with van der Waals surface area (Å²) in [5.74, 6) is 0.724. The van der Waals surface area contributed by atoms with Gasteiger partial charge in [-0.05, 0) is 43.4 Å². The Bertz CT molecular complexity index is 334. The van der Waals surface area contributed by atoms with Crippen molar-refractivity contribution < 1.29 is 4.74 Å². The maximum absolute atomic E-state index is 5.57. The molecule has 17 heavy (non-hydrogen) atoms. The zero-order valence-corrected chi connectivity index (χ0v) is 11.5. The summed E-state index contributed by atoms with van der Waals surface area (Å²) >= 11 is 0. The van der Waals surface area contributed by atoms with Gasteiger partial charge in [0.05, 0.1) is 6.61 Å². The molecule has 0 unspecified atom stereocenters. The zero-order chi connectivity index (χ0) is 12.7. The maximum Gasteiger partial charge on any atom is 0.0639 e. The number of aryl methyl sites for hydroxylation is 2. The average Bonchev–Trinajstić information content (AvgIpc) is 2.27. The highest BCUT2D eigenvalue weighted by Crippen LogP contribution is 2.15. The van der Waals surface area contributed by atoms with Gasteiger partial charge < -0.3 is 10.1 Å². The quantitative estimate of drug-likeness (QED) is 0.726. The van der Waals surface area contributed by atoms with Crippen LogP contribution in [0.1, 0.15) is 31.4 Å². The highest BCUT2D eigenvalue weighted by Gasteiger charge is 1.98. The molecule has 0 atom stereocenters. The molecule has 0 radical (unpaired) electrons. The van der Waals surface area contributed by atoms with Gasteiger partial charge in [0, 0.05) is 18.8 Å². The summed E-state index contributed by atoms with van der Waals surface area (Å²) in [5, 5.41) is 3.42. The number of benzene rings is 1. The summed E-state index contributed by atoms with van der Waals surface area (Å²) in [6, 6.07) is 6.47. The second-order valence-electron chi connectivity index (χ2n) is 5.04. The SMILES string of the molecule is Cc1ccc(C)c(NCCOCCC(C)C)c1. The molecule has 0 heterocycles. The molecular formula is C15H25NO. The van der Waals surface area contributed by atoms with Crippen molar-refractivity contribution in [2.24, 2.45) is 5.92 Å². The first-order valence-electron chi connectivity index (χ1n) is 6.48. The molecule has 0 amide bonds. The first-order valence-corrected chi connectivity index (χ1v) is 6.48. The summed E-state index contributed by atoms with van der Waals surface area (Å²) in [6.07, 6.45) is 1.14. The molecule has 1 aromatic rings. The van der Waals surface area contributed by atoms with E-state index in [1.54, 1.807) is 0 Å². The van der Waals surface area contributed by atoms with Gasteiger partial charge in [0.1, 0.15) is 0 Å². The Kier molecular flexibility index (Phi) is 6.06. The molecule has 2 heteroatoms. The lowest BCUT2D eigenvalue weighted by Gasteiger charge is -2.11. The Labute approximate surface area is 105 Å². The molecule has 0 saturated carbocycles. The maximum atomic E-state index is 5.57. The second kappa shape index (κ2) is 7.33. The predicted molar refractivity (Wildman–Crippen MR) is 74.7 cm³/mol. The van der Waals surface area contributed by atoms with E-state index in [1.807, 2.05) is 0 Å². The minimum absolute atomic E-state index is 0.724. The summed E-state index contributed by atoms with van der Waals surface area (Å²) in [4.78, 5) is 0. The van der Waals surface area contributed by atoms with Crippen LogP contribution in [0.3, 0.4) is 0 Å². The van der Waals surface area contributed by atoms with Crippen molar-refractivity contribution in [2.75, 3.05) is 25.1 Å². The van der Waals surface area contributed by atoms with Gasteiger partial charge in [-0.25, -0.2) is 0 Å². The van der Waals surface area contributed by atoms with Crippen LogP contribution in [0.15, 0.2) is 18.2 Å². The number of anilines is 1. The minimum Gasteiger partial charge on any atom is -0.383 e. The van der Waals surface area contributed by atoms with Crippen LogP contribution in [0.25, 0.3) is 0 Å².